The molecule has 0 aliphatic rings. The van der Waals surface area contributed by atoms with Crippen molar-refractivity contribution in [3.05, 3.63) is 0 Å². The van der Waals surface area contributed by atoms with Crippen molar-refractivity contribution in [2.45, 2.75) is 124 Å². The van der Waals surface area contributed by atoms with Crippen LogP contribution in [0.1, 0.15) is 124 Å². The van der Waals surface area contributed by atoms with E-state index < -0.39 is 0 Å². The summed E-state index contributed by atoms with van der Waals surface area (Å²) in [5.41, 5.74) is 0. The highest BCUT2D eigenvalue weighted by atomic mass is 16.5. The van der Waals surface area contributed by atoms with E-state index in [4.69, 9.17) is 9.47 Å². The molecule has 0 aromatic rings. The molecule has 0 spiro atoms. The van der Waals surface area contributed by atoms with Crippen molar-refractivity contribution in [2.24, 2.45) is 5.92 Å². The van der Waals surface area contributed by atoms with E-state index in [1.54, 1.807) is 0 Å². The van der Waals surface area contributed by atoms with Crippen LogP contribution in [0.15, 0.2) is 0 Å². The third kappa shape index (κ3) is 18.3. The van der Waals surface area contributed by atoms with E-state index in [2.05, 4.69) is 6.92 Å². The zero-order valence-electron chi connectivity index (χ0n) is 18.9. The molecular formula is C24H46O4. The van der Waals surface area contributed by atoms with Gasteiger partial charge >= 0.3 is 11.9 Å². The average Bonchev–Trinajstić information content (AvgIpc) is 2.70. The highest BCUT2D eigenvalue weighted by molar-refractivity contribution is 5.69. The van der Waals surface area contributed by atoms with Gasteiger partial charge in [-0.1, -0.05) is 85.0 Å². The predicted molar refractivity (Wildman–Crippen MR) is 116 cm³/mol. The summed E-state index contributed by atoms with van der Waals surface area (Å²) in [4.78, 5) is 23.0. The fourth-order valence-corrected chi connectivity index (χ4v) is 3.39. The van der Waals surface area contributed by atoms with Gasteiger partial charge in [0, 0.05) is 12.8 Å². The Morgan fingerprint density at radius 2 is 1.07 bits per heavy atom. The predicted octanol–water partition coefficient (Wildman–Crippen LogP) is 6.99. The van der Waals surface area contributed by atoms with Gasteiger partial charge < -0.3 is 9.47 Å². The van der Waals surface area contributed by atoms with E-state index in [1.807, 2.05) is 13.8 Å². The van der Waals surface area contributed by atoms with E-state index in [9.17, 15) is 9.59 Å². The molecule has 0 aliphatic carbocycles. The number of esters is 2. The smallest absolute Gasteiger partial charge is 0.305 e. The van der Waals surface area contributed by atoms with Crippen LogP contribution in [0.5, 0.6) is 0 Å². The molecule has 166 valence electrons. The van der Waals surface area contributed by atoms with Gasteiger partial charge in [0.15, 0.2) is 0 Å². The maximum atomic E-state index is 11.6. The van der Waals surface area contributed by atoms with Gasteiger partial charge in [-0.2, -0.15) is 0 Å². The molecule has 1 unspecified atom stereocenters. The number of rotatable bonds is 20. The van der Waals surface area contributed by atoms with Crippen LogP contribution in [0.4, 0.5) is 0 Å². The highest BCUT2D eigenvalue weighted by Crippen LogP contribution is 2.20. The molecule has 0 saturated heterocycles. The van der Waals surface area contributed by atoms with Crippen molar-refractivity contribution in [2.75, 3.05) is 13.2 Å². The summed E-state index contributed by atoms with van der Waals surface area (Å²) in [6, 6.07) is 0. The van der Waals surface area contributed by atoms with Crippen molar-refractivity contribution < 1.29 is 19.1 Å². The number of carbonyl (C=O) groups excluding carboxylic acids is 2. The summed E-state index contributed by atoms with van der Waals surface area (Å²) in [5, 5.41) is 0. The van der Waals surface area contributed by atoms with E-state index in [-0.39, 0.29) is 11.9 Å². The van der Waals surface area contributed by atoms with Gasteiger partial charge in [-0.05, 0) is 31.6 Å². The van der Waals surface area contributed by atoms with Crippen LogP contribution in [-0.4, -0.2) is 25.2 Å². The second kappa shape index (κ2) is 20.7. The van der Waals surface area contributed by atoms with E-state index in [0.29, 0.717) is 32.0 Å². The van der Waals surface area contributed by atoms with E-state index >= 15 is 0 Å². The first-order chi connectivity index (χ1) is 13.6. The van der Waals surface area contributed by atoms with E-state index in [1.165, 1.54) is 51.4 Å². The largest absolute Gasteiger partial charge is 0.466 e. The highest BCUT2D eigenvalue weighted by Gasteiger charge is 2.10. The minimum Gasteiger partial charge on any atom is -0.466 e. The molecule has 4 heteroatoms. The average molecular weight is 399 g/mol. The van der Waals surface area contributed by atoms with Crippen molar-refractivity contribution in [1.82, 2.24) is 0 Å². The molecule has 4 nitrogen and oxygen atoms in total. The Bertz CT molecular complexity index is 368. The Kier molecular flexibility index (Phi) is 19.9. The molecule has 0 radical (unpaired) electrons. The van der Waals surface area contributed by atoms with Crippen LogP contribution >= 0.6 is 0 Å². The van der Waals surface area contributed by atoms with Gasteiger partial charge in [0.25, 0.3) is 0 Å². The zero-order valence-corrected chi connectivity index (χ0v) is 18.9. The monoisotopic (exact) mass is 398 g/mol. The van der Waals surface area contributed by atoms with Crippen LogP contribution in [0.3, 0.4) is 0 Å². The Morgan fingerprint density at radius 3 is 1.57 bits per heavy atom. The standard InChI is InChI=1S/C24H46O4/c1-4-20-27-23(25)17-15-13-11-9-7-8-10-12-14-16-22(6-3)18-19-24(26)28-21-5-2/h22H,4-21H2,1-3H3. The van der Waals surface area contributed by atoms with Gasteiger partial charge in [-0.3, -0.25) is 9.59 Å². The lowest BCUT2D eigenvalue weighted by molar-refractivity contribution is -0.144. The number of ether oxygens (including phenoxy) is 2. The van der Waals surface area contributed by atoms with E-state index in [0.717, 1.165) is 38.5 Å². The third-order valence-corrected chi connectivity index (χ3v) is 5.26. The third-order valence-electron chi connectivity index (χ3n) is 5.26. The molecule has 28 heavy (non-hydrogen) atoms. The lowest BCUT2D eigenvalue weighted by Gasteiger charge is -2.14. The van der Waals surface area contributed by atoms with Crippen LogP contribution in [-0.2, 0) is 19.1 Å². The Hall–Kier alpha value is -1.06. The first-order valence-corrected chi connectivity index (χ1v) is 11.9. The maximum absolute atomic E-state index is 11.6. The molecule has 1 atom stereocenters. The summed E-state index contributed by atoms with van der Waals surface area (Å²) < 4.78 is 10.2. The van der Waals surface area contributed by atoms with Crippen LogP contribution in [0, 0.1) is 5.92 Å². The van der Waals surface area contributed by atoms with Gasteiger partial charge in [-0.25, -0.2) is 0 Å². The summed E-state index contributed by atoms with van der Waals surface area (Å²) in [6.07, 6.45) is 17.5. The summed E-state index contributed by atoms with van der Waals surface area (Å²) in [7, 11) is 0. The first-order valence-electron chi connectivity index (χ1n) is 11.9. The molecule has 0 aliphatic heterocycles. The molecule has 0 bridgehead atoms. The number of hydrogen-bond acceptors (Lipinski definition) is 4. The molecular weight excluding hydrogens is 352 g/mol. The fourth-order valence-electron chi connectivity index (χ4n) is 3.39. The summed E-state index contributed by atoms with van der Waals surface area (Å²) in [6.45, 7) is 7.38. The van der Waals surface area contributed by atoms with Crippen molar-refractivity contribution in [3.8, 4) is 0 Å². The van der Waals surface area contributed by atoms with Gasteiger partial charge in [0.2, 0.25) is 0 Å². The second-order valence-electron chi connectivity index (χ2n) is 7.97. The topological polar surface area (TPSA) is 52.6 Å². The lowest BCUT2D eigenvalue weighted by Crippen LogP contribution is -2.08. The molecule has 0 fully saturated rings. The Balaban J connectivity index is 3.41. The minimum absolute atomic E-state index is 0.0295. The summed E-state index contributed by atoms with van der Waals surface area (Å²) >= 11 is 0. The minimum atomic E-state index is -0.0370. The maximum Gasteiger partial charge on any atom is 0.305 e. The zero-order chi connectivity index (χ0) is 20.9. The van der Waals surface area contributed by atoms with Crippen molar-refractivity contribution in [3.63, 3.8) is 0 Å². The molecule has 0 heterocycles. The molecule has 0 aromatic carbocycles. The van der Waals surface area contributed by atoms with Crippen LogP contribution in [0.2, 0.25) is 0 Å². The molecule has 0 saturated carbocycles. The van der Waals surface area contributed by atoms with Gasteiger partial charge in [-0.15, -0.1) is 0 Å². The van der Waals surface area contributed by atoms with Gasteiger partial charge in [0.1, 0.15) is 0 Å². The lowest BCUT2D eigenvalue weighted by atomic mass is 9.93. The first kappa shape index (κ1) is 26.9. The quantitative estimate of drug-likeness (QED) is 0.164. The van der Waals surface area contributed by atoms with Crippen molar-refractivity contribution >= 4 is 11.9 Å². The van der Waals surface area contributed by atoms with Crippen molar-refractivity contribution in [1.29, 1.82) is 0 Å². The van der Waals surface area contributed by atoms with Crippen LogP contribution in [0.25, 0.3) is 0 Å². The Morgan fingerprint density at radius 1 is 0.607 bits per heavy atom. The second-order valence-corrected chi connectivity index (χ2v) is 7.97. The Labute approximate surface area is 174 Å². The normalized spacial score (nSPS) is 12.0. The molecule has 0 aromatic heterocycles. The molecule has 0 amide bonds. The fraction of sp³-hybridized carbons (Fsp3) is 0.917. The van der Waals surface area contributed by atoms with Gasteiger partial charge in [0.05, 0.1) is 13.2 Å². The SMILES string of the molecule is CCCOC(=O)CCCCCCCCCCCC(CC)CCC(=O)OCCC. The number of hydrogen-bond donors (Lipinski definition) is 0. The molecule has 0 N–H and O–H groups in total. The molecule has 0 rings (SSSR count). The number of unbranched alkanes of at least 4 members (excludes halogenated alkanes) is 8. The number of carbonyl (C=O) groups is 2. The summed E-state index contributed by atoms with van der Waals surface area (Å²) in [5.74, 6) is 0.599. The van der Waals surface area contributed by atoms with Crippen LogP contribution < -0.4 is 0 Å².